The van der Waals surface area contributed by atoms with E-state index in [-0.39, 0.29) is 0 Å². The van der Waals surface area contributed by atoms with Gasteiger partial charge in [-0.3, -0.25) is 9.80 Å². The third-order valence-electron chi connectivity index (χ3n) is 5.97. The number of hydrogen-bond donors (Lipinski definition) is 0. The molecule has 6 heteroatoms. The summed E-state index contributed by atoms with van der Waals surface area (Å²) < 4.78 is 8.32. The van der Waals surface area contributed by atoms with Crippen LogP contribution >= 0.6 is 0 Å². The molecule has 0 amide bonds. The standard InChI is InChI=1S/C19H35N5O/c1-4-18-20-21-19(22(18)3)15-24-11-9-23(10-12-24)13-14-25-17-8-6-5-7-16(17)2/h16-17H,4-15H2,1-3H3/t16-,17+/m0/s1. The molecule has 0 bridgehead atoms. The minimum atomic E-state index is 0.499. The van der Waals surface area contributed by atoms with E-state index in [9.17, 15) is 0 Å². The molecule has 0 radical (unpaired) electrons. The van der Waals surface area contributed by atoms with Crippen LogP contribution in [0, 0.1) is 5.92 Å². The van der Waals surface area contributed by atoms with Gasteiger partial charge in [0.1, 0.15) is 11.6 Å². The molecule has 1 saturated heterocycles. The van der Waals surface area contributed by atoms with Crippen molar-refractivity contribution in [3.05, 3.63) is 11.6 Å². The predicted molar refractivity (Wildman–Crippen MR) is 99.5 cm³/mol. The lowest BCUT2D eigenvalue weighted by molar-refractivity contribution is -0.0183. The van der Waals surface area contributed by atoms with E-state index in [1.54, 1.807) is 0 Å². The molecule has 6 nitrogen and oxygen atoms in total. The molecule has 2 heterocycles. The van der Waals surface area contributed by atoms with Crippen LogP contribution in [0.25, 0.3) is 0 Å². The molecule has 1 aromatic heterocycles. The Balaban J connectivity index is 1.35. The van der Waals surface area contributed by atoms with Crippen LogP contribution in [0.15, 0.2) is 0 Å². The molecule has 142 valence electrons. The number of aromatic nitrogens is 3. The van der Waals surface area contributed by atoms with Crippen molar-refractivity contribution in [3.8, 4) is 0 Å². The summed E-state index contributed by atoms with van der Waals surface area (Å²) in [4.78, 5) is 5.03. The lowest BCUT2D eigenvalue weighted by Gasteiger charge is -2.35. The van der Waals surface area contributed by atoms with Crippen LogP contribution in [0.5, 0.6) is 0 Å². The van der Waals surface area contributed by atoms with Gasteiger partial charge in [0.05, 0.1) is 19.3 Å². The van der Waals surface area contributed by atoms with Gasteiger partial charge in [-0.1, -0.05) is 26.7 Å². The Kier molecular flexibility index (Phi) is 6.84. The van der Waals surface area contributed by atoms with E-state index in [1.165, 1.54) is 25.7 Å². The molecular weight excluding hydrogens is 314 g/mol. The lowest BCUT2D eigenvalue weighted by Crippen LogP contribution is -2.47. The molecular formula is C19H35N5O. The largest absolute Gasteiger partial charge is 0.377 e. The van der Waals surface area contributed by atoms with Crippen molar-refractivity contribution in [3.63, 3.8) is 0 Å². The third-order valence-corrected chi connectivity index (χ3v) is 5.97. The van der Waals surface area contributed by atoms with Gasteiger partial charge in [0.15, 0.2) is 0 Å². The van der Waals surface area contributed by atoms with Gasteiger partial charge < -0.3 is 9.30 Å². The summed E-state index contributed by atoms with van der Waals surface area (Å²) in [5.74, 6) is 2.90. The Morgan fingerprint density at radius 3 is 2.36 bits per heavy atom. The summed E-state index contributed by atoms with van der Waals surface area (Å²) >= 11 is 0. The highest BCUT2D eigenvalue weighted by Crippen LogP contribution is 2.26. The van der Waals surface area contributed by atoms with E-state index >= 15 is 0 Å². The smallest absolute Gasteiger partial charge is 0.146 e. The fourth-order valence-corrected chi connectivity index (χ4v) is 4.08. The Morgan fingerprint density at radius 2 is 1.68 bits per heavy atom. The minimum Gasteiger partial charge on any atom is -0.377 e. The van der Waals surface area contributed by atoms with E-state index in [2.05, 4.69) is 45.5 Å². The number of piperazine rings is 1. The van der Waals surface area contributed by atoms with Crippen molar-refractivity contribution in [1.29, 1.82) is 0 Å². The van der Waals surface area contributed by atoms with E-state index in [4.69, 9.17) is 4.74 Å². The van der Waals surface area contributed by atoms with Crippen molar-refractivity contribution in [2.45, 2.75) is 58.6 Å². The normalized spacial score (nSPS) is 26.2. The number of rotatable bonds is 7. The van der Waals surface area contributed by atoms with Crippen LogP contribution in [-0.2, 0) is 24.8 Å². The predicted octanol–water partition coefficient (Wildman–Crippen LogP) is 2.09. The minimum absolute atomic E-state index is 0.499. The number of hydrogen-bond acceptors (Lipinski definition) is 5. The van der Waals surface area contributed by atoms with Crippen LogP contribution in [0.4, 0.5) is 0 Å². The fourth-order valence-electron chi connectivity index (χ4n) is 4.08. The molecule has 0 spiro atoms. The van der Waals surface area contributed by atoms with E-state index in [0.717, 1.165) is 69.9 Å². The number of aryl methyl sites for hydroxylation is 1. The monoisotopic (exact) mass is 349 g/mol. The Hall–Kier alpha value is -0.980. The van der Waals surface area contributed by atoms with E-state index in [0.29, 0.717) is 6.10 Å². The zero-order valence-corrected chi connectivity index (χ0v) is 16.3. The van der Waals surface area contributed by atoms with Gasteiger partial charge in [-0.2, -0.15) is 0 Å². The zero-order chi connectivity index (χ0) is 17.6. The molecule has 0 unspecified atom stereocenters. The Labute approximate surface area is 152 Å². The highest BCUT2D eigenvalue weighted by Gasteiger charge is 2.23. The fraction of sp³-hybridized carbons (Fsp3) is 0.895. The molecule has 1 aliphatic carbocycles. The van der Waals surface area contributed by atoms with Gasteiger partial charge in [-0.25, -0.2) is 0 Å². The summed E-state index contributed by atoms with van der Waals surface area (Å²) in [7, 11) is 2.08. The van der Waals surface area contributed by atoms with Gasteiger partial charge in [-0.15, -0.1) is 10.2 Å². The molecule has 1 aromatic rings. The van der Waals surface area contributed by atoms with E-state index in [1.807, 2.05) is 0 Å². The number of nitrogens with zero attached hydrogens (tertiary/aromatic N) is 5. The molecule has 1 saturated carbocycles. The molecule has 25 heavy (non-hydrogen) atoms. The summed E-state index contributed by atoms with van der Waals surface area (Å²) in [5.41, 5.74) is 0. The molecule has 3 rings (SSSR count). The average Bonchev–Trinajstić information content (AvgIpc) is 2.98. The highest BCUT2D eigenvalue weighted by atomic mass is 16.5. The highest BCUT2D eigenvalue weighted by molar-refractivity contribution is 4.95. The molecule has 0 N–H and O–H groups in total. The van der Waals surface area contributed by atoms with Gasteiger partial charge in [0, 0.05) is 46.2 Å². The van der Waals surface area contributed by atoms with Crippen LogP contribution < -0.4 is 0 Å². The summed E-state index contributed by atoms with van der Waals surface area (Å²) in [6.07, 6.45) is 6.76. The van der Waals surface area contributed by atoms with Crippen LogP contribution in [-0.4, -0.2) is 70.0 Å². The molecule has 1 aliphatic heterocycles. The van der Waals surface area contributed by atoms with Gasteiger partial charge in [0.2, 0.25) is 0 Å². The maximum Gasteiger partial charge on any atom is 0.146 e. The lowest BCUT2D eigenvalue weighted by atomic mass is 9.88. The quantitative estimate of drug-likeness (QED) is 0.754. The van der Waals surface area contributed by atoms with Crippen molar-refractivity contribution in [2.24, 2.45) is 13.0 Å². The second kappa shape index (κ2) is 9.10. The SMILES string of the molecule is CCc1nnc(CN2CCN(CCO[C@@H]3CCCC[C@@H]3C)CC2)n1C. The summed E-state index contributed by atoms with van der Waals surface area (Å²) in [5, 5.41) is 8.61. The first-order valence-corrected chi connectivity index (χ1v) is 10.1. The Bertz CT molecular complexity index is 524. The maximum absolute atomic E-state index is 6.17. The molecule has 0 aromatic carbocycles. The molecule has 2 aliphatic rings. The zero-order valence-electron chi connectivity index (χ0n) is 16.3. The first-order valence-electron chi connectivity index (χ1n) is 10.1. The Morgan fingerprint density at radius 1 is 1.00 bits per heavy atom. The first-order chi connectivity index (χ1) is 12.2. The van der Waals surface area contributed by atoms with Gasteiger partial charge in [0.25, 0.3) is 0 Å². The molecule has 2 fully saturated rings. The average molecular weight is 350 g/mol. The van der Waals surface area contributed by atoms with Gasteiger partial charge >= 0.3 is 0 Å². The molecule has 2 atom stereocenters. The van der Waals surface area contributed by atoms with Crippen molar-refractivity contribution >= 4 is 0 Å². The number of ether oxygens (including phenoxy) is 1. The van der Waals surface area contributed by atoms with Crippen LogP contribution in [0.3, 0.4) is 0 Å². The topological polar surface area (TPSA) is 46.4 Å². The summed E-state index contributed by atoms with van der Waals surface area (Å²) in [6.45, 7) is 11.8. The van der Waals surface area contributed by atoms with Crippen molar-refractivity contribution in [1.82, 2.24) is 24.6 Å². The van der Waals surface area contributed by atoms with Crippen molar-refractivity contribution in [2.75, 3.05) is 39.3 Å². The second-order valence-corrected chi connectivity index (χ2v) is 7.73. The summed E-state index contributed by atoms with van der Waals surface area (Å²) in [6, 6.07) is 0. The first kappa shape index (κ1) is 18.8. The van der Waals surface area contributed by atoms with E-state index < -0.39 is 0 Å². The van der Waals surface area contributed by atoms with Crippen molar-refractivity contribution < 1.29 is 4.74 Å². The van der Waals surface area contributed by atoms with Gasteiger partial charge in [-0.05, 0) is 18.8 Å². The third kappa shape index (κ3) is 5.02. The van der Waals surface area contributed by atoms with Crippen LogP contribution in [0.1, 0.15) is 51.2 Å². The van der Waals surface area contributed by atoms with Crippen LogP contribution in [0.2, 0.25) is 0 Å². The second-order valence-electron chi connectivity index (χ2n) is 7.73. The maximum atomic E-state index is 6.17.